The second kappa shape index (κ2) is 5.59. The molecule has 0 aromatic heterocycles. The second-order valence-corrected chi connectivity index (χ2v) is 3.68. The number of methoxy groups -OCH3 is 1. The maximum Gasteiger partial charge on any atom is 0.347 e. The number of ketones is 1. The maximum absolute atomic E-state index is 12.2. The molecule has 2 atom stereocenters. The number of aliphatic hydroxyl groups is 1. The number of benzene rings is 1. The fraction of sp³-hybridized carbons (Fsp3) is 0.250. The van der Waals surface area contributed by atoms with E-state index in [-0.39, 0.29) is 5.56 Å². The van der Waals surface area contributed by atoms with E-state index in [1.54, 1.807) is 6.07 Å². The summed E-state index contributed by atoms with van der Waals surface area (Å²) in [5, 5.41) is 27.4. The van der Waals surface area contributed by atoms with Gasteiger partial charge in [-0.25, -0.2) is 9.59 Å². The number of carbonyl (C=O) groups excluding carboxylic acids is 1. The van der Waals surface area contributed by atoms with Crippen LogP contribution in [0.2, 0.25) is 0 Å². The second-order valence-electron chi connectivity index (χ2n) is 3.68. The van der Waals surface area contributed by atoms with E-state index in [1.165, 1.54) is 24.3 Å². The van der Waals surface area contributed by atoms with Crippen LogP contribution in [-0.2, 0) is 14.3 Å². The first kappa shape index (κ1) is 14.8. The summed E-state index contributed by atoms with van der Waals surface area (Å²) in [7, 11) is 0.848. The Morgan fingerprint density at radius 1 is 1.16 bits per heavy atom. The summed E-state index contributed by atoms with van der Waals surface area (Å²) in [6.45, 7) is 0. The lowest BCUT2D eigenvalue weighted by atomic mass is 9.87. The summed E-state index contributed by atoms with van der Waals surface area (Å²) in [6, 6.07) is 7.15. The van der Waals surface area contributed by atoms with Crippen LogP contribution < -0.4 is 0 Å². The van der Waals surface area contributed by atoms with Crippen LogP contribution >= 0.6 is 0 Å². The number of carboxylic acid groups (broad SMARTS) is 2. The van der Waals surface area contributed by atoms with Gasteiger partial charge in [-0.3, -0.25) is 4.79 Å². The molecule has 102 valence electrons. The van der Waals surface area contributed by atoms with Crippen molar-refractivity contribution < 1.29 is 34.4 Å². The van der Waals surface area contributed by atoms with E-state index >= 15 is 0 Å². The number of hydrogen-bond acceptors (Lipinski definition) is 5. The van der Waals surface area contributed by atoms with Crippen molar-refractivity contribution in [3.8, 4) is 0 Å². The molecule has 0 amide bonds. The number of carboxylic acids is 2. The van der Waals surface area contributed by atoms with Crippen molar-refractivity contribution in [2.24, 2.45) is 0 Å². The molecule has 0 aliphatic rings. The summed E-state index contributed by atoms with van der Waals surface area (Å²) in [6.07, 6.45) is -2.53. The van der Waals surface area contributed by atoms with Crippen LogP contribution in [-0.4, -0.2) is 51.9 Å². The molecule has 2 unspecified atom stereocenters. The van der Waals surface area contributed by atoms with Gasteiger partial charge in [0.05, 0.1) is 0 Å². The first-order valence-corrected chi connectivity index (χ1v) is 5.17. The summed E-state index contributed by atoms with van der Waals surface area (Å²) in [4.78, 5) is 34.2. The third kappa shape index (κ3) is 2.47. The molecule has 7 heteroatoms. The first-order chi connectivity index (χ1) is 8.87. The number of carbonyl (C=O) groups is 3. The van der Waals surface area contributed by atoms with Gasteiger partial charge < -0.3 is 20.1 Å². The number of aliphatic carboxylic acids is 2. The third-order valence-electron chi connectivity index (χ3n) is 2.63. The Morgan fingerprint density at radius 2 is 1.68 bits per heavy atom. The van der Waals surface area contributed by atoms with Crippen molar-refractivity contribution in [2.45, 2.75) is 11.7 Å². The number of ether oxygens (including phenoxy) is 1. The van der Waals surface area contributed by atoms with Gasteiger partial charge in [0.2, 0.25) is 5.78 Å². The van der Waals surface area contributed by atoms with Gasteiger partial charge >= 0.3 is 11.9 Å². The zero-order valence-corrected chi connectivity index (χ0v) is 9.94. The highest BCUT2D eigenvalue weighted by atomic mass is 16.5. The molecule has 0 saturated carbocycles. The largest absolute Gasteiger partial charge is 0.479 e. The van der Waals surface area contributed by atoms with Gasteiger partial charge in [-0.15, -0.1) is 0 Å². The molecule has 0 aliphatic heterocycles. The minimum absolute atomic E-state index is 0.0768. The average Bonchev–Trinajstić information content (AvgIpc) is 2.40. The van der Waals surface area contributed by atoms with E-state index in [0.29, 0.717) is 0 Å². The molecular formula is C12H12O7. The van der Waals surface area contributed by atoms with Gasteiger partial charge in [0, 0.05) is 12.7 Å². The van der Waals surface area contributed by atoms with Crippen LogP contribution in [0.4, 0.5) is 0 Å². The van der Waals surface area contributed by atoms with Crippen molar-refractivity contribution in [1.82, 2.24) is 0 Å². The highest BCUT2D eigenvalue weighted by Crippen LogP contribution is 2.23. The lowest BCUT2D eigenvalue weighted by Gasteiger charge is -2.28. The van der Waals surface area contributed by atoms with Crippen molar-refractivity contribution in [3.05, 3.63) is 35.9 Å². The summed E-state index contributed by atoms with van der Waals surface area (Å²) in [5.41, 5.74) is -2.96. The molecule has 0 heterocycles. The molecule has 1 aromatic rings. The Balaban J connectivity index is 3.36. The summed E-state index contributed by atoms with van der Waals surface area (Å²) < 4.78 is 4.56. The van der Waals surface area contributed by atoms with Crippen molar-refractivity contribution in [2.75, 3.05) is 7.11 Å². The van der Waals surface area contributed by atoms with Crippen LogP contribution in [0.5, 0.6) is 0 Å². The Kier molecular flexibility index (Phi) is 4.36. The monoisotopic (exact) mass is 268 g/mol. The Bertz CT molecular complexity index is 496. The number of Topliss-reactive ketones (excluding diaryl/α,β-unsaturated/α-hetero) is 1. The van der Waals surface area contributed by atoms with Crippen molar-refractivity contribution in [3.63, 3.8) is 0 Å². The topological polar surface area (TPSA) is 121 Å². The smallest absolute Gasteiger partial charge is 0.347 e. The highest BCUT2D eigenvalue weighted by molar-refractivity contribution is 6.17. The molecule has 3 N–H and O–H groups in total. The summed E-state index contributed by atoms with van der Waals surface area (Å²) >= 11 is 0. The minimum Gasteiger partial charge on any atom is -0.479 e. The van der Waals surface area contributed by atoms with Gasteiger partial charge in [-0.1, -0.05) is 30.3 Å². The maximum atomic E-state index is 12.2. The van der Waals surface area contributed by atoms with E-state index in [4.69, 9.17) is 10.2 Å². The minimum atomic E-state index is -2.88. The molecule has 7 nitrogen and oxygen atoms in total. The summed E-state index contributed by atoms with van der Waals surface area (Å²) in [5.74, 6) is -4.88. The lowest BCUT2D eigenvalue weighted by Crippen LogP contribution is -2.60. The lowest BCUT2D eigenvalue weighted by molar-refractivity contribution is -0.179. The molecule has 1 aromatic carbocycles. The van der Waals surface area contributed by atoms with E-state index in [9.17, 15) is 19.5 Å². The quantitative estimate of drug-likeness (QED) is 0.482. The van der Waals surface area contributed by atoms with Crippen LogP contribution in [0.25, 0.3) is 0 Å². The Labute approximate surface area is 108 Å². The third-order valence-corrected chi connectivity index (χ3v) is 2.63. The molecule has 0 saturated heterocycles. The van der Waals surface area contributed by atoms with Crippen molar-refractivity contribution in [1.29, 1.82) is 0 Å². The molecule has 0 radical (unpaired) electrons. The molecule has 0 spiro atoms. The zero-order chi connectivity index (χ0) is 14.6. The molecular weight excluding hydrogens is 256 g/mol. The molecule has 19 heavy (non-hydrogen) atoms. The SMILES string of the molecule is COC(C(=O)O)(C(=O)c1ccccc1)C(O)C(=O)O. The predicted molar refractivity (Wildman–Crippen MR) is 61.8 cm³/mol. The van der Waals surface area contributed by atoms with E-state index in [2.05, 4.69) is 4.74 Å². The number of rotatable bonds is 6. The van der Waals surface area contributed by atoms with Gasteiger partial charge in [0.1, 0.15) is 0 Å². The van der Waals surface area contributed by atoms with Crippen LogP contribution in [0.3, 0.4) is 0 Å². The molecule has 0 aliphatic carbocycles. The fourth-order valence-electron chi connectivity index (χ4n) is 1.61. The van der Waals surface area contributed by atoms with E-state index in [1.807, 2.05) is 0 Å². The Morgan fingerprint density at radius 3 is 2.05 bits per heavy atom. The molecule has 1 rings (SSSR count). The van der Waals surface area contributed by atoms with Gasteiger partial charge in [0.25, 0.3) is 5.60 Å². The highest BCUT2D eigenvalue weighted by Gasteiger charge is 2.56. The molecule has 0 fully saturated rings. The normalized spacial score (nSPS) is 15.3. The zero-order valence-electron chi connectivity index (χ0n) is 9.94. The van der Waals surface area contributed by atoms with Crippen LogP contribution in [0, 0.1) is 0 Å². The van der Waals surface area contributed by atoms with E-state index in [0.717, 1.165) is 7.11 Å². The van der Waals surface area contributed by atoms with Gasteiger partial charge in [0.15, 0.2) is 6.10 Å². The average molecular weight is 268 g/mol. The standard InChI is InChI=1S/C12H12O7/c1-19-12(11(17)18,9(14)10(15)16)8(13)7-5-3-2-4-6-7/h2-6,9,14H,1H3,(H,15,16)(H,17,18). The van der Waals surface area contributed by atoms with Crippen LogP contribution in [0.1, 0.15) is 10.4 Å². The fourth-order valence-corrected chi connectivity index (χ4v) is 1.61. The van der Waals surface area contributed by atoms with E-state index < -0.39 is 29.4 Å². The predicted octanol–water partition coefficient (Wildman–Crippen LogP) is -0.215. The Hall–Kier alpha value is -2.25. The van der Waals surface area contributed by atoms with Crippen LogP contribution in [0.15, 0.2) is 30.3 Å². The van der Waals surface area contributed by atoms with Gasteiger partial charge in [-0.05, 0) is 0 Å². The molecule has 0 bridgehead atoms. The van der Waals surface area contributed by atoms with Crippen molar-refractivity contribution >= 4 is 17.7 Å². The first-order valence-electron chi connectivity index (χ1n) is 5.17. The number of hydrogen-bond donors (Lipinski definition) is 3. The van der Waals surface area contributed by atoms with Gasteiger partial charge in [-0.2, -0.15) is 0 Å². The number of aliphatic hydroxyl groups excluding tert-OH is 1.